The number of rotatable bonds is 7. The maximum Gasteiger partial charge on any atom is 0.359 e. The molecule has 3 aromatic carbocycles. The summed E-state index contributed by atoms with van der Waals surface area (Å²) in [5.41, 5.74) is 0.775. The van der Waals surface area contributed by atoms with Gasteiger partial charge in [-0.1, -0.05) is 66.7 Å². The molecule has 0 saturated carbocycles. The summed E-state index contributed by atoms with van der Waals surface area (Å²) in [4.78, 5) is 25.6. The molecular weight excluding hydrogens is 380 g/mol. The molecule has 6 heteroatoms. The molecule has 6 nitrogen and oxygen atoms in total. The maximum absolute atomic E-state index is 12.9. The van der Waals surface area contributed by atoms with Crippen LogP contribution in [0.5, 0.6) is 5.75 Å². The van der Waals surface area contributed by atoms with E-state index in [1.807, 2.05) is 60.7 Å². The molecule has 0 aliphatic rings. The molecule has 4 aromatic rings. The molecule has 0 atom stereocenters. The second kappa shape index (κ2) is 9.05. The van der Waals surface area contributed by atoms with Crippen LogP contribution in [0.2, 0.25) is 0 Å². The summed E-state index contributed by atoms with van der Waals surface area (Å²) < 4.78 is 12.2. The Balaban J connectivity index is 1.55. The van der Waals surface area contributed by atoms with E-state index in [1.165, 1.54) is 4.68 Å². The minimum absolute atomic E-state index is 0.0710. The van der Waals surface area contributed by atoms with Crippen LogP contribution < -0.4 is 10.3 Å². The van der Waals surface area contributed by atoms with Crippen LogP contribution in [0.25, 0.3) is 10.8 Å². The van der Waals surface area contributed by atoms with Gasteiger partial charge in [0.25, 0.3) is 5.56 Å². The summed E-state index contributed by atoms with van der Waals surface area (Å²) in [6.07, 6.45) is 0. The largest absolute Gasteiger partial charge is 0.490 e. The predicted molar refractivity (Wildman–Crippen MR) is 114 cm³/mol. The molecule has 1 aromatic heterocycles. The predicted octanol–water partition coefficient (Wildman–Crippen LogP) is 3.68. The van der Waals surface area contributed by atoms with E-state index in [-0.39, 0.29) is 31.0 Å². The molecule has 30 heavy (non-hydrogen) atoms. The first kappa shape index (κ1) is 19.4. The van der Waals surface area contributed by atoms with E-state index < -0.39 is 5.97 Å². The Bertz CT molecular complexity index is 1200. The summed E-state index contributed by atoms with van der Waals surface area (Å²) in [7, 11) is 0. The molecule has 0 unspecified atom stereocenters. The Morgan fingerprint density at radius 2 is 1.43 bits per heavy atom. The molecule has 0 radical (unpaired) electrons. The van der Waals surface area contributed by atoms with Crippen molar-refractivity contribution in [2.45, 2.75) is 6.54 Å². The molecular formula is C24H20N2O4. The normalized spacial score (nSPS) is 10.7. The van der Waals surface area contributed by atoms with Crippen molar-refractivity contribution in [2.75, 3.05) is 13.2 Å². The van der Waals surface area contributed by atoms with Crippen LogP contribution in [0.3, 0.4) is 0 Å². The lowest BCUT2D eigenvalue weighted by Gasteiger charge is -2.11. The third-order valence-corrected chi connectivity index (χ3v) is 4.56. The molecule has 150 valence electrons. The van der Waals surface area contributed by atoms with Crippen LogP contribution in [0, 0.1) is 0 Å². The van der Waals surface area contributed by atoms with Crippen LogP contribution in [0.4, 0.5) is 0 Å². The highest BCUT2D eigenvalue weighted by molar-refractivity contribution is 6.02. The number of esters is 1. The molecule has 0 aliphatic heterocycles. The smallest absolute Gasteiger partial charge is 0.359 e. The second-order valence-corrected chi connectivity index (χ2v) is 6.64. The quantitative estimate of drug-likeness (QED) is 0.350. The average Bonchev–Trinajstić information content (AvgIpc) is 2.80. The van der Waals surface area contributed by atoms with Crippen LogP contribution >= 0.6 is 0 Å². The first-order valence-corrected chi connectivity index (χ1v) is 9.61. The average molecular weight is 400 g/mol. The summed E-state index contributed by atoms with van der Waals surface area (Å²) in [5.74, 6) is 0.109. The number of carbonyl (C=O) groups excluding carboxylic acids is 1. The SMILES string of the molecule is O=C(OCCOc1ccccc1)c1nn(Cc2ccccc2)c(=O)c2ccccc12. The van der Waals surface area contributed by atoms with E-state index in [4.69, 9.17) is 9.47 Å². The summed E-state index contributed by atoms with van der Waals surface area (Å²) >= 11 is 0. The van der Waals surface area contributed by atoms with Crippen molar-refractivity contribution in [3.05, 3.63) is 107 Å². The number of para-hydroxylation sites is 1. The van der Waals surface area contributed by atoms with Gasteiger partial charge in [0, 0.05) is 5.39 Å². The fraction of sp³-hybridized carbons (Fsp3) is 0.125. The Hall–Kier alpha value is -3.93. The van der Waals surface area contributed by atoms with E-state index >= 15 is 0 Å². The topological polar surface area (TPSA) is 70.4 Å². The molecule has 0 fully saturated rings. The molecule has 0 N–H and O–H groups in total. The summed E-state index contributed by atoms with van der Waals surface area (Å²) in [6, 6.07) is 25.7. The van der Waals surface area contributed by atoms with Gasteiger partial charge in [0.2, 0.25) is 0 Å². The Labute approximate surface area is 173 Å². The van der Waals surface area contributed by atoms with E-state index in [2.05, 4.69) is 5.10 Å². The van der Waals surface area contributed by atoms with E-state index in [0.29, 0.717) is 16.5 Å². The van der Waals surface area contributed by atoms with Gasteiger partial charge < -0.3 is 9.47 Å². The number of benzene rings is 3. The number of ether oxygens (including phenoxy) is 2. The lowest BCUT2D eigenvalue weighted by Crippen LogP contribution is -2.27. The lowest BCUT2D eigenvalue weighted by atomic mass is 10.1. The van der Waals surface area contributed by atoms with Crippen molar-refractivity contribution in [3.8, 4) is 5.75 Å². The highest BCUT2D eigenvalue weighted by atomic mass is 16.6. The van der Waals surface area contributed by atoms with E-state index in [0.717, 1.165) is 5.56 Å². The lowest BCUT2D eigenvalue weighted by molar-refractivity contribution is 0.0443. The Morgan fingerprint density at radius 3 is 2.17 bits per heavy atom. The standard InChI is InChI=1S/C24H20N2O4/c27-23-21-14-8-7-13-20(21)22(25-26(23)17-18-9-3-1-4-10-18)24(28)30-16-15-29-19-11-5-2-6-12-19/h1-14H,15-17H2. The highest BCUT2D eigenvalue weighted by Gasteiger charge is 2.18. The summed E-state index contributed by atoms with van der Waals surface area (Å²) in [5, 5.41) is 5.22. The molecule has 0 saturated heterocycles. The van der Waals surface area contributed by atoms with Gasteiger partial charge >= 0.3 is 5.97 Å². The third-order valence-electron chi connectivity index (χ3n) is 4.56. The van der Waals surface area contributed by atoms with Crippen molar-refractivity contribution in [2.24, 2.45) is 0 Å². The minimum Gasteiger partial charge on any atom is -0.490 e. The zero-order valence-electron chi connectivity index (χ0n) is 16.2. The molecule has 4 rings (SSSR count). The zero-order valence-corrected chi connectivity index (χ0v) is 16.2. The molecule has 0 spiro atoms. The van der Waals surface area contributed by atoms with Crippen molar-refractivity contribution in [3.63, 3.8) is 0 Å². The van der Waals surface area contributed by atoms with Crippen molar-refractivity contribution >= 4 is 16.7 Å². The van der Waals surface area contributed by atoms with E-state index in [9.17, 15) is 9.59 Å². The monoisotopic (exact) mass is 400 g/mol. The second-order valence-electron chi connectivity index (χ2n) is 6.64. The molecule has 0 aliphatic carbocycles. The fourth-order valence-electron chi connectivity index (χ4n) is 3.13. The number of carbonyl (C=O) groups is 1. The van der Waals surface area contributed by atoms with Gasteiger partial charge in [-0.15, -0.1) is 0 Å². The van der Waals surface area contributed by atoms with Crippen molar-refractivity contribution in [1.82, 2.24) is 9.78 Å². The first-order chi connectivity index (χ1) is 14.7. The molecule has 0 bridgehead atoms. The number of hydrogen-bond donors (Lipinski definition) is 0. The summed E-state index contributed by atoms with van der Waals surface area (Å²) in [6.45, 7) is 0.556. The van der Waals surface area contributed by atoms with Crippen molar-refractivity contribution in [1.29, 1.82) is 0 Å². The van der Waals surface area contributed by atoms with Gasteiger partial charge in [0.15, 0.2) is 5.69 Å². The number of aromatic nitrogens is 2. The van der Waals surface area contributed by atoms with Gasteiger partial charge in [-0.3, -0.25) is 4.79 Å². The van der Waals surface area contributed by atoms with Crippen LogP contribution in [-0.4, -0.2) is 29.0 Å². The van der Waals surface area contributed by atoms with Crippen LogP contribution in [0.1, 0.15) is 16.1 Å². The minimum atomic E-state index is -0.593. The zero-order chi connectivity index (χ0) is 20.8. The Morgan fingerprint density at radius 1 is 0.800 bits per heavy atom. The number of fused-ring (bicyclic) bond motifs is 1. The Kier molecular flexibility index (Phi) is 5.85. The van der Waals surface area contributed by atoms with Gasteiger partial charge in [-0.05, 0) is 23.8 Å². The molecule has 1 heterocycles. The number of hydrogen-bond acceptors (Lipinski definition) is 5. The highest BCUT2D eigenvalue weighted by Crippen LogP contribution is 2.15. The first-order valence-electron chi connectivity index (χ1n) is 9.61. The van der Waals surface area contributed by atoms with Crippen LogP contribution in [0.15, 0.2) is 89.7 Å². The fourth-order valence-corrected chi connectivity index (χ4v) is 3.13. The third kappa shape index (κ3) is 4.38. The van der Waals surface area contributed by atoms with Gasteiger partial charge in [0.05, 0.1) is 11.9 Å². The van der Waals surface area contributed by atoms with Gasteiger partial charge in [-0.25, -0.2) is 9.48 Å². The maximum atomic E-state index is 12.9. The van der Waals surface area contributed by atoms with Gasteiger partial charge in [-0.2, -0.15) is 5.10 Å². The molecule has 0 amide bonds. The van der Waals surface area contributed by atoms with E-state index in [1.54, 1.807) is 24.3 Å². The number of nitrogens with zero attached hydrogens (tertiary/aromatic N) is 2. The van der Waals surface area contributed by atoms with Crippen LogP contribution in [-0.2, 0) is 11.3 Å². The van der Waals surface area contributed by atoms with Gasteiger partial charge in [0.1, 0.15) is 19.0 Å². The van der Waals surface area contributed by atoms with Crippen molar-refractivity contribution < 1.29 is 14.3 Å².